The van der Waals surface area contributed by atoms with Gasteiger partial charge in [-0.15, -0.1) is 0 Å². The minimum absolute atomic E-state index is 0.0172. The molecule has 1 amide bonds. The van der Waals surface area contributed by atoms with Gasteiger partial charge in [-0.05, 0) is 49.2 Å². The van der Waals surface area contributed by atoms with E-state index < -0.39 is 0 Å². The molecule has 1 aliphatic rings. The van der Waals surface area contributed by atoms with Gasteiger partial charge in [-0.25, -0.2) is 0 Å². The number of ether oxygens (including phenoxy) is 2. The molecule has 0 saturated carbocycles. The lowest BCUT2D eigenvalue weighted by atomic mass is 10.0. The van der Waals surface area contributed by atoms with E-state index in [1.54, 1.807) is 31.3 Å². The van der Waals surface area contributed by atoms with E-state index in [1.165, 1.54) is 6.07 Å². The molecule has 6 heteroatoms. The molecule has 1 N–H and O–H groups in total. The maximum absolute atomic E-state index is 13.0. The lowest BCUT2D eigenvalue weighted by Crippen LogP contribution is -2.30. The molecule has 5 nitrogen and oxygen atoms in total. The second-order valence-corrected chi connectivity index (χ2v) is 6.84. The molecule has 0 aliphatic carbocycles. The fourth-order valence-electron chi connectivity index (χ4n) is 3.27. The van der Waals surface area contributed by atoms with Crippen molar-refractivity contribution < 1.29 is 19.4 Å². The molecular weight excluding hydrogens is 386 g/mol. The third kappa shape index (κ3) is 3.44. The Morgan fingerprint density at radius 3 is 2.72 bits per heavy atom. The van der Waals surface area contributed by atoms with Gasteiger partial charge >= 0.3 is 0 Å². The normalized spacial score (nSPS) is 16.8. The average Bonchev–Trinajstić information content (AvgIpc) is 3.12. The van der Waals surface area contributed by atoms with E-state index in [0.717, 1.165) is 34.4 Å². The lowest BCUT2D eigenvalue weighted by molar-refractivity contribution is 0.0731. The second kappa shape index (κ2) is 7.35. The SMILES string of the molecule is COc1ccc(OC)c(C2CCCN2C(=O)c2cc(Br)ccc2O)c1. The Morgan fingerprint density at radius 2 is 2.00 bits per heavy atom. The Hall–Kier alpha value is -2.21. The highest BCUT2D eigenvalue weighted by Gasteiger charge is 2.33. The van der Waals surface area contributed by atoms with E-state index >= 15 is 0 Å². The van der Waals surface area contributed by atoms with Crippen LogP contribution >= 0.6 is 15.9 Å². The predicted molar refractivity (Wildman–Crippen MR) is 98.4 cm³/mol. The maximum atomic E-state index is 13.0. The van der Waals surface area contributed by atoms with Crippen LogP contribution in [0.2, 0.25) is 0 Å². The zero-order valence-electron chi connectivity index (χ0n) is 14.2. The van der Waals surface area contributed by atoms with Crippen molar-refractivity contribution in [3.63, 3.8) is 0 Å². The fraction of sp³-hybridized carbons (Fsp3) is 0.316. The van der Waals surface area contributed by atoms with Crippen molar-refractivity contribution in [1.82, 2.24) is 4.90 Å². The molecule has 1 saturated heterocycles. The number of hydrogen-bond acceptors (Lipinski definition) is 4. The Morgan fingerprint density at radius 1 is 1.20 bits per heavy atom. The molecule has 2 aromatic carbocycles. The number of carbonyl (C=O) groups excluding carboxylic acids is 1. The number of phenols is 1. The number of rotatable bonds is 4. The summed E-state index contributed by atoms with van der Waals surface area (Å²) in [4.78, 5) is 14.8. The number of benzene rings is 2. The molecule has 0 spiro atoms. The van der Waals surface area contributed by atoms with Gasteiger partial charge in [0.1, 0.15) is 17.2 Å². The van der Waals surface area contributed by atoms with Crippen LogP contribution in [0.25, 0.3) is 0 Å². The quantitative estimate of drug-likeness (QED) is 0.829. The molecule has 1 atom stereocenters. The third-order valence-corrected chi connectivity index (χ3v) is 4.99. The van der Waals surface area contributed by atoms with E-state index in [9.17, 15) is 9.90 Å². The lowest BCUT2D eigenvalue weighted by Gasteiger charge is -2.27. The van der Waals surface area contributed by atoms with Crippen LogP contribution in [0.4, 0.5) is 0 Å². The van der Waals surface area contributed by atoms with Crippen molar-refractivity contribution in [3.05, 3.63) is 52.0 Å². The largest absolute Gasteiger partial charge is 0.507 e. The number of nitrogens with zero attached hydrogens (tertiary/aromatic N) is 1. The van der Waals surface area contributed by atoms with Crippen LogP contribution in [-0.4, -0.2) is 36.7 Å². The summed E-state index contributed by atoms with van der Waals surface area (Å²) in [7, 11) is 3.23. The summed E-state index contributed by atoms with van der Waals surface area (Å²) in [6.45, 7) is 0.635. The zero-order chi connectivity index (χ0) is 18.0. The molecule has 3 rings (SSSR count). The minimum Gasteiger partial charge on any atom is -0.507 e. The van der Waals surface area contributed by atoms with Crippen molar-refractivity contribution in [2.24, 2.45) is 0 Å². The first-order chi connectivity index (χ1) is 12.0. The number of likely N-dealkylation sites (tertiary alicyclic amines) is 1. The van der Waals surface area contributed by atoms with Crippen molar-refractivity contribution in [2.45, 2.75) is 18.9 Å². The number of aromatic hydroxyl groups is 1. The van der Waals surface area contributed by atoms with Gasteiger partial charge in [-0.3, -0.25) is 4.79 Å². The van der Waals surface area contributed by atoms with Gasteiger partial charge in [0.15, 0.2) is 0 Å². The Balaban J connectivity index is 1.98. The van der Waals surface area contributed by atoms with Gasteiger partial charge < -0.3 is 19.5 Å². The van der Waals surface area contributed by atoms with E-state index in [2.05, 4.69) is 15.9 Å². The van der Waals surface area contributed by atoms with Gasteiger partial charge in [0.25, 0.3) is 5.91 Å². The molecule has 25 heavy (non-hydrogen) atoms. The molecule has 0 radical (unpaired) electrons. The number of hydrogen-bond donors (Lipinski definition) is 1. The van der Waals surface area contributed by atoms with Crippen LogP contribution in [0, 0.1) is 0 Å². The molecule has 1 aliphatic heterocycles. The molecule has 132 valence electrons. The van der Waals surface area contributed by atoms with Crippen LogP contribution in [0.15, 0.2) is 40.9 Å². The second-order valence-electron chi connectivity index (χ2n) is 5.93. The number of methoxy groups -OCH3 is 2. The molecular formula is C19H20BrNO4. The number of phenolic OH excluding ortho intramolecular Hbond substituents is 1. The highest BCUT2D eigenvalue weighted by Crippen LogP contribution is 2.40. The van der Waals surface area contributed by atoms with Gasteiger partial charge in [-0.2, -0.15) is 0 Å². The summed E-state index contributed by atoms with van der Waals surface area (Å²) in [5.74, 6) is 1.24. The topological polar surface area (TPSA) is 59.0 Å². The van der Waals surface area contributed by atoms with Crippen molar-refractivity contribution in [2.75, 3.05) is 20.8 Å². The third-order valence-electron chi connectivity index (χ3n) is 4.50. The predicted octanol–water partition coefficient (Wildman–Crippen LogP) is 4.15. The van der Waals surface area contributed by atoms with Gasteiger partial charge in [-0.1, -0.05) is 15.9 Å². The highest BCUT2D eigenvalue weighted by molar-refractivity contribution is 9.10. The van der Waals surface area contributed by atoms with Crippen LogP contribution < -0.4 is 9.47 Å². The summed E-state index contributed by atoms with van der Waals surface area (Å²) < 4.78 is 11.6. The summed E-state index contributed by atoms with van der Waals surface area (Å²) >= 11 is 3.36. The minimum atomic E-state index is -0.189. The van der Waals surface area contributed by atoms with Gasteiger partial charge in [0.05, 0.1) is 25.8 Å². The van der Waals surface area contributed by atoms with E-state index in [0.29, 0.717) is 12.1 Å². The summed E-state index contributed by atoms with van der Waals surface area (Å²) in [6.07, 6.45) is 1.73. The van der Waals surface area contributed by atoms with E-state index in [-0.39, 0.29) is 17.7 Å². The Labute approximate surface area is 155 Å². The molecule has 1 unspecified atom stereocenters. The molecule has 1 heterocycles. The summed E-state index contributed by atoms with van der Waals surface area (Å²) in [6, 6.07) is 10.4. The van der Waals surface area contributed by atoms with Crippen molar-refractivity contribution >= 4 is 21.8 Å². The van der Waals surface area contributed by atoms with Crippen molar-refractivity contribution in [3.8, 4) is 17.2 Å². The fourth-order valence-corrected chi connectivity index (χ4v) is 3.63. The van der Waals surface area contributed by atoms with Crippen molar-refractivity contribution in [1.29, 1.82) is 0 Å². The van der Waals surface area contributed by atoms with Gasteiger partial charge in [0.2, 0.25) is 0 Å². The number of amides is 1. The first kappa shape index (κ1) is 17.6. The molecule has 0 aromatic heterocycles. The summed E-state index contributed by atoms with van der Waals surface area (Å²) in [5, 5.41) is 10.1. The monoisotopic (exact) mass is 405 g/mol. The number of halogens is 1. The first-order valence-electron chi connectivity index (χ1n) is 8.06. The van der Waals surface area contributed by atoms with E-state index in [4.69, 9.17) is 9.47 Å². The Kier molecular flexibility index (Phi) is 5.18. The zero-order valence-corrected chi connectivity index (χ0v) is 15.7. The standard InChI is InChI=1S/C19H20BrNO4/c1-24-13-6-8-18(25-2)14(11-13)16-4-3-9-21(16)19(23)15-10-12(20)5-7-17(15)22/h5-8,10-11,16,22H,3-4,9H2,1-2H3. The summed E-state index contributed by atoms with van der Waals surface area (Å²) in [5.41, 5.74) is 1.21. The van der Waals surface area contributed by atoms with Crippen LogP contribution in [0.5, 0.6) is 17.2 Å². The molecule has 2 aromatic rings. The van der Waals surface area contributed by atoms with Gasteiger partial charge in [0, 0.05) is 16.6 Å². The molecule has 1 fully saturated rings. The smallest absolute Gasteiger partial charge is 0.258 e. The van der Waals surface area contributed by atoms with Crippen LogP contribution in [0.3, 0.4) is 0 Å². The molecule has 0 bridgehead atoms. The van der Waals surface area contributed by atoms with Crippen LogP contribution in [-0.2, 0) is 0 Å². The highest BCUT2D eigenvalue weighted by atomic mass is 79.9. The number of carbonyl (C=O) groups is 1. The first-order valence-corrected chi connectivity index (χ1v) is 8.86. The van der Waals surface area contributed by atoms with Crippen LogP contribution in [0.1, 0.15) is 34.8 Å². The maximum Gasteiger partial charge on any atom is 0.258 e. The Bertz CT molecular complexity index is 793. The van der Waals surface area contributed by atoms with E-state index in [1.807, 2.05) is 18.2 Å². The average molecular weight is 406 g/mol.